The van der Waals surface area contributed by atoms with E-state index in [9.17, 15) is 13.0 Å². The number of allylic oxidation sites excluding steroid dienone is 2. The topological polar surface area (TPSA) is 76.1 Å². The Morgan fingerprint density at radius 2 is 1.97 bits per heavy atom. The lowest BCUT2D eigenvalue weighted by Gasteiger charge is -2.21. The molecule has 2 unspecified atom stereocenters. The molecule has 34 heavy (non-hydrogen) atoms. The van der Waals surface area contributed by atoms with Gasteiger partial charge in [0, 0.05) is 24.4 Å². The Morgan fingerprint density at radius 3 is 2.59 bits per heavy atom. The van der Waals surface area contributed by atoms with Gasteiger partial charge < -0.3 is 14.8 Å². The highest BCUT2D eigenvalue weighted by atomic mass is 32.2. The highest BCUT2D eigenvalue weighted by Crippen LogP contribution is 2.40. The van der Waals surface area contributed by atoms with E-state index in [1.807, 2.05) is 27.7 Å². The molecule has 6 nitrogen and oxygen atoms in total. The first-order valence-electron chi connectivity index (χ1n) is 11.2. The van der Waals surface area contributed by atoms with Crippen molar-refractivity contribution in [3.63, 3.8) is 0 Å². The second-order valence-corrected chi connectivity index (χ2v) is 10.4. The van der Waals surface area contributed by atoms with Crippen molar-refractivity contribution in [2.24, 2.45) is 5.92 Å². The fourth-order valence-corrected chi connectivity index (χ4v) is 4.23. The number of aromatic nitrogens is 2. The van der Waals surface area contributed by atoms with Crippen LogP contribution >= 0.6 is 11.8 Å². The molecule has 1 aromatic carbocycles. The van der Waals surface area contributed by atoms with Crippen LogP contribution in [0.3, 0.4) is 0 Å². The molecule has 0 amide bonds. The summed E-state index contributed by atoms with van der Waals surface area (Å²) in [5.41, 5.74) is 0.410. The molecule has 2 rings (SSSR count). The summed E-state index contributed by atoms with van der Waals surface area (Å²) in [6.45, 7) is 14.2. The molecule has 0 bridgehead atoms. The average molecular weight is 511 g/mol. The van der Waals surface area contributed by atoms with Crippen LogP contribution in [0.2, 0.25) is 0 Å². The van der Waals surface area contributed by atoms with Gasteiger partial charge >= 0.3 is 0 Å². The number of halogens is 2. The van der Waals surface area contributed by atoms with Crippen LogP contribution in [0.4, 0.5) is 20.4 Å². The number of ether oxygens (including phenoxy) is 1. The third-order valence-corrected chi connectivity index (χ3v) is 6.67. The molecule has 0 saturated carbocycles. The van der Waals surface area contributed by atoms with E-state index >= 15 is 0 Å². The molecule has 1 aromatic heterocycles. The Kier molecular flexibility index (Phi) is 11.0. The predicted molar refractivity (Wildman–Crippen MR) is 139 cm³/mol. The monoisotopic (exact) mass is 510 g/mol. The summed E-state index contributed by atoms with van der Waals surface area (Å²) in [7, 11) is -1.51. The van der Waals surface area contributed by atoms with Gasteiger partial charge in [0.05, 0.1) is 16.3 Å². The summed E-state index contributed by atoms with van der Waals surface area (Å²) in [4.78, 5) is 10.3. The van der Waals surface area contributed by atoms with Gasteiger partial charge in [0.1, 0.15) is 16.7 Å². The number of thioether (sulfide) groups is 1. The van der Waals surface area contributed by atoms with Crippen molar-refractivity contribution in [3.05, 3.63) is 59.0 Å². The van der Waals surface area contributed by atoms with Gasteiger partial charge in [-0.25, -0.2) is 18.6 Å². The maximum atomic E-state index is 15.0. The first-order chi connectivity index (χ1) is 16.2. The maximum Gasteiger partial charge on any atom is 0.223 e. The van der Waals surface area contributed by atoms with E-state index in [0.717, 1.165) is 17.9 Å². The Bertz CT molecular complexity index is 1060. The van der Waals surface area contributed by atoms with E-state index in [2.05, 4.69) is 26.6 Å². The molecule has 0 saturated heterocycles. The van der Waals surface area contributed by atoms with E-state index in [4.69, 9.17) is 4.74 Å². The number of nitrogens with one attached hydrogen (secondary N) is 2. The van der Waals surface area contributed by atoms with Gasteiger partial charge in [-0.2, -0.15) is 4.39 Å². The molecule has 2 aromatic rings. The fourth-order valence-electron chi connectivity index (χ4n) is 2.77. The van der Waals surface area contributed by atoms with Crippen LogP contribution in [0, 0.1) is 17.6 Å². The minimum absolute atomic E-state index is 0.128. The Hall–Kier alpha value is -2.46. The van der Waals surface area contributed by atoms with Gasteiger partial charge in [-0.05, 0) is 42.9 Å². The summed E-state index contributed by atoms with van der Waals surface area (Å²) >= 11 is 1.35. The van der Waals surface area contributed by atoms with E-state index in [0.29, 0.717) is 28.7 Å². The van der Waals surface area contributed by atoms with Crippen molar-refractivity contribution in [3.8, 4) is 5.75 Å². The highest BCUT2D eigenvalue weighted by molar-refractivity contribution is 8.11. The van der Waals surface area contributed by atoms with Crippen molar-refractivity contribution < 1.29 is 17.7 Å². The number of anilines is 2. The smallest absolute Gasteiger partial charge is 0.223 e. The zero-order valence-corrected chi connectivity index (χ0v) is 21.8. The second kappa shape index (κ2) is 13.4. The van der Waals surface area contributed by atoms with Crippen LogP contribution in [0.25, 0.3) is 4.91 Å². The molecule has 0 spiro atoms. The molecule has 0 aliphatic rings. The third kappa shape index (κ3) is 7.53. The summed E-state index contributed by atoms with van der Waals surface area (Å²) in [6.07, 6.45) is 3.25. The minimum atomic E-state index is -1.51. The SMILES string of the molecule is C=C(C)S/C(=C(/Oc1ccc(NS(=O)CC)c(F)c1F)C(C)CC)c1ccnc(NCCC)n1. The molecule has 0 aliphatic heterocycles. The van der Waals surface area contributed by atoms with E-state index in [1.54, 1.807) is 19.2 Å². The lowest BCUT2D eigenvalue weighted by molar-refractivity contribution is 0.333. The van der Waals surface area contributed by atoms with Crippen LogP contribution in [-0.2, 0) is 11.0 Å². The average Bonchev–Trinajstić information content (AvgIpc) is 2.83. The Morgan fingerprint density at radius 1 is 1.24 bits per heavy atom. The molecule has 0 radical (unpaired) electrons. The predicted octanol–water partition coefficient (Wildman–Crippen LogP) is 6.73. The zero-order valence-electron chi connectivity index (χ0n) is 20.2. The van der Waals surface area contributed by atoms with Crippen molar-refractivity contribution in [1.82, 2.24) is 9.97 Å². The van der Waals surface area contributed by atoms with Crippen LogP contribution in [0.5, 0.6) is 5.75 Å². The van der Waals surface area contributed by atoms with Gasteiger partial charge in [-0.1, -0.05) is 46.0 Å². The van der Waals surface area contributed by atoms with Gasteiger partial charge in [0.2, 0.25) is 11.8 Å². The number of rotatable bonds is 13. The van der Waals surface area contributed by atoms with Crippen molar-refractivity contribution in [2.75, 3.05) is 22.3 Å². The quantitative estimate of drug-likeness (QED) is 0.291. The lowest BCUT2D eigenvalue weighted by atomic mass is 10.1. The molecule has 10 heteroatoms. The second-order valence-electron chi connectivity index (χ2n) is 7.58. The molecule has 2 N–H and O–H groups in total. The number of nitrogens with zero attached hydrogens (tertiary/aromatic N) is 2. The van der Waals surface area contributed by atoms with Crippen LogP contribution in [0.1, 0.15) is 53.2 Å². The molecular weight excluding hydrogens is 478 g/mol. The van der Waals surface area contributed by atoms with Crippen LogP contribution in [0.15, 0.2) is 41.6 Å². The van der Waals surface area contributed by atoms with E-state index in [-0.39, 0.29) is 23.1 Å². The number of hydrogen-bond acceptors (Lipinski definition) is 6. The Labute approximate surface area is 207 Å². The van der Waals surface area contributed by atoms with Gasteiger partial charge in [-0.3, -0.25) is 0 Å². The van der Waals surface area contributed by atoms with Crippen molar-refractivity contribution in [2.45, 2.75) is 47.5 Å². The van der Waals surface area contributed by atoms with Gasteiger partial charge in [-0.15, -0.1) is 0 Å². The van der Waals surface area contributed by atoms with Crippen LogP contribution in [-0.4, -0.2) is 26.5 Å². The molecular formula is C24H32F2N4O2S2. The van der Waals surface area contributed by atoms with Gasteiger partial charge in [0.15, 0.2) is 11.6 Å². The lowest BCUT2D eigenvalue weighted by Crippen LogP contribution is -2.12. The molecule has 0 aliphatic carbocycles. The van der Waals surface area contributed by atoms with Gasteiger partial charge in [0.25, 0.3) is 0 Å². The largest absolute Gasteiger partial charge is 0.457 e. The number of benzene rings is 1. The first kappa shape index (κ1) is 27.8. The molecule has 2 atom stereocenters. The van der Waals surface area contributed by atoms with Crippen molar-refractivity contribution in [1.29, 1.82) is 0 Å². The van der Waals surface area contributed by atoms with Crippen molar-refractivity contribution >= 4 is 39.3 Å². The zero-order chi connectivity index (χ0) is 25.3. The molecule has 186 valence electrons. The standard InChI is InChI=1S/C24H32F2N4O2S2/c1-7-13-27-24-28-14-12-18(29-24)23(33-15(4)5)22(16(6)8-2)32-19-11-10-17(20(25)21(19)26)30-34(31)9-3/h10-12,14,16,30H,4,7-9,13H2,1-3,5-6H3,(H,27,28,29)/b23-22+. The normalized spacial score (nSPS) is 13.6. The maximum absolute atomic E-state index is 15.0. The first-order valence-corrected chi connectivity index (χ1v) is 13.3. The van der Waals surface area contributed by atoms with Crippen LogP contribution < -0.4 is 14.8 Å². The van der Waals surface area contributed by atoms with E-state index < -0.39 is 22.6 Å². The summed E-state index contributed by atoms with van der Waals surface area (Å²) in [5.74, 6) is -1.52. The molecule has 0 fully saturated rings. The minimum Gasteiger partial charge on any atom is -0.457 e. The molecule has 1 heterocycles. The number of hydrogen-bond donors (Lipinski definition) is 2. The third-order valence-electron chi connectivity index (χ3n) is 4.73. The fraction of sp³-hybridized carbons (Fsp3) is 0.417. The summed E-state index contributed by atoms with van der Waals surface area (Å²) < 4.78 is 49.8. The highest BCUT2D eigenvalue weighted by Gasteiger charge is 2.23. The Balaban J connectivity index is 2.58. The summed E-state index contributed by atoms with van der Waals surface area (Å²) in [5, 5.41) is 3.16. The van der Waals surface area contributed by atoms with E-state index in [1.165, 1.54) is 23.9 Å². The summed E-state index contributed by atoms with van der Waals surface area (Å²) in [6, 6.07) is 4.39.